The highest BCUT2D eigenvalue weighted by Crippen LogP contribution is 2.26. The molecule has 0 aliphatic heterocycles. The molecular weight excluding hydrogens is 763 g/mol. The van der Waals surface area contributed by atoms with Gasteiger partial charge in [0, 0.05) is 53.5 Å². The van der Waals surface area contributed by atoms with Crippen LogP contribution in [0.3, 0.4) is 0 Å². The summed E-state index contributed by atoms with van der Waals surface area (Å²) in [6.07, 6.45) is 4.41. The summed E-state index contributed by atoms with van der Waals surface area (Å²) < 4.78 is 17.4. The molecule has 0 aliphatic rings. The van der Waals surface area contributed by atoms with Crippen molar-refractivity contribution in [1.29, 1.82) is 0 Å². The molecule has 12 nitrogen and oxygen atoms in total. The van der Waals surface area contributed by atoms with Crippen LogP contribution in [0.4, 0.5) is 17.1 Å². The predicted octanol–water partition coefficient (Wildman–Crippen LogP) is 9.71. The topological polar surface area (TPSA) is 177 Å². The fraction of sp³-hybridized carbons (Fsp3) is 0. The molecule has 0 spiro atoms. The first-order valence-corrected chi connectivity index (χ1v) is 18.2. The lowest BCUT2D eigenvalue weighted by molar-refractivity contribution is 0.0734. The molecule has 3 N–H and O–H groups in total. The van der Waals surface area contributed by atoms with Gasteiger partial charge in [0.2, 0.25) is 0 Å². The maximum atomic E-state index is 13.9. The standard InChI is InChI=1S/C48H33N3O9/c52-40-16-7-13-37(25-40)49-28-31-10-1-4-19-43(31)58-46(55)34-22-35(47(56)59-44-20-5-2-11-32(44)29-50-38-14-8-17-41(53)26-38)24-36(23-34)48(57)60-45-21-6-3-12-33(45)30-51-39-15-9-18-42(54)27-39/h1-30,52-54H. The molecule has 0 aliphatic carbocycles. The molecular formula is C48H33N3O9. The van der Waals surface area contributed by atoms with Gasteiger partial charge in [-0.3, -0.25) is 15.0 Å². The molecule has 0 radical (unpaired) electrons. The van der Waals surface area contributed by atoms with Crippen LogP contribution in [0.25, 0.3) is 0 Å². The van der Waals surface area contributed by atoms with Crippen LogP contribution in [-0.2, 0) is 0 Å². The predicted molar refractivity (Wildman–Crippen MR) is 227 cm³/mol. The van der Waals surface area contributed by atoms with Crippen LogP contribution >= 0.6 is 0 Å². The largest absolute Gasteiger partial charge is 0.508 e. The average molecular weight is 796 g/mol. The number of nitrogens with zero attached hydrogens (tertiary/aromatic N) is 3. The van der Waals surface area contributed by atoms with Crippen LogP contribution < -0.4 is 14.2 Å². The van der Waals surface area contributed by atoms with Gasteiger partial charge in [-0.2, -0.15) is 0 Å². The van der Waals surface area contributed by atoms with Crippen molar-refractivity contribution in [2.75, 3.05) is 0 Å². The van der Waals surface area contributed by atoms with E-state index in [4.69, 9.17) is 14.2 Å². The van der Waals surface area contributed by atoms with Gasteiger partial charge < -0.3 is 29.5 Å². The van der Waals surface area contributed by atoms with Crippen LogP contribution in [0, 0.1) is 0 Å². The van der Waals surface area contributed by atoms with Gasteiger partial charge in [-0.05, 0) is 91.0 Å². The van der Waals surface area contributed by atoms with E-state index in [0.717, 1.165) is 0 Å². The number of phenolic OH excluding ortho intramolecular Hbond substituents is 3. The first kappa shape index (κ1) is 39.6. The van der Waals surface area contributed by atoms with E-state index < -0.39 is 17.9 Å². The average Bonchev–Trinajstić information content (AvgIpc) is 3.25. The zero-order chi connectivity index (χ0) is 41.8. The SMILES string of the molecule is O=C(Oc1ccccc1C=Nc1cccc(O)c1)c1cc(C(=O)Oc2ccccc2C=Nc2cccc(O)c2)cc(C(=O)Oc2ccccc2C=Nc2cccc(O)c2)c1. The Morgan fingerprint density at radius 2 is 0.650 bits per heavy atom. The number of carbonyl (C=O) groups excluding carboxylic acids is 3. The van der Waals surface area contributed by atoms with Crippen LogP contribution in [0.1, 0.15) is 47.8 Å². The molecule has 294 valence electrons. The van der Waals surface area contributed by atoms with Gasteiger partial charge in [0.05, 0.1) is 33.8 Å². The van der Waals surface area contributed by atoms with E-state index in [1.165, 1.54) is 73.2 Å². The Kier molecular flexibility index (Phi) is 12.2. The summed E-state index contributed by atoms with van der Waals surface area (Å²) in [5, 5.41) is 29.5. The van der Waals surface area contributed by atoms with Crippen molar-refractivity contribution in [1.82, 2.24) is 0 Å². The summed E-state index contributed by atoms with van der Waals surface area (Å²) in [4.78, 5) is 54.7. The first-order chi connectivity index (χ1) is 29.2. The molecule has 0 heterocycles. The highest BCUT2D eigenvalue weighted by Gasteiger charge is 2.22. The second-order valence-corrected chi connectivity index (χ2v) is 12.9. The molecule has 0 unspecified atom stereocenters. The minimum atomic E-state index is -0.908. The summed E-state index contributed by atoms with van der Waals surface area (Å²) in [6.45, 7) is 0. The quantitative estimate of drug-likeness (QED) is 0.0617. The highest BCUT2D eigenvalue weighted by atomic mass is 16.5. The van der Waals surface area contributed by atoms with Crippen molar-refractivity contribution in [2.45, 2.75) is 0 Å². The summed E-state index contributed by atoms with van der Waals surface area (Å²) in [7, 11) is 0. The number of benzene rings is 7. The Morgan fingerprint density at radius 3 is 0.933 bits per heavy atom. The number of hydrogen-bond acceptors (Lipinski definition) is 12. The molecule has 7 aromatic rings. The van der Waals surface area contributed by atoms with Crippen molar-refractivity contribution in [3.05, 3.63) is 197 Å². The Morgan fingerprint density at radius 1 is 0.367 bits per heavy atom. The third-order valence-electron chi connectivity index (χ3n) is 8.55. The third kappa shape index (κ3) is 10.4. The van der Waals surface area contributed by atoms with Crippen LogP contribution in [0.15, 0.2) is 179 Å². The third-order valence-corrected chi connectivity index (χ3v) is 8.55. The van der Waals surface area contributed by atoms with Gasteiger partial charge in [0.15, 0.2) is 0 Å². The maximum Gasteiger partial charge on any atom is 0.343 e. The van der Waals surface area contributed by atoms with E-state index in [-0.39, 0.29) is 51.2 Å². The lowest BCUT2D eigenvalue weighted by Gasteiger charge is -2.12. The Bertz CT molecular complexity index is 2500. The van der Waals surface area contributed by atoms with Gasteiger partial charge in [-0.25, -0.2) is 14.4 Å². The van der Waals surface area contributed by atoms with Crippen LogP contribution in [0.5, 0.6) is 34.5 Å². The molecule has 0 fully saturated rings. The Balaban J connectivity index is 1.20. The molecule has 0 aromatic heterocycles. The van der Waals surface area contributed by atoms with E-state index in [1.54, 1.807) is 109 Å². The fourth-order valence-electron chi connectivity index (χ4n) is 5.65. The lowest BCUT2D eigenvalue weighted by atomic mass is 10.1. The number of aliphatic imine (C=N–C) groups is 3. The smallest absolute Gasteiger partial charge is 0.343 e. The monoisotopic (exact) mass is 795 g/mol. The molecule has 0 saturated carbocycles. The second-order valence-electron chi connectivity index (χ2n) is 12.9. The number of aromatic hydroxyl groups is 3. The summed E-state index contributed by atoms with van der Waals surface area (Å²) in [5.74, 6) is -2.24. The van der Waals surface area contributed by atoms with Crippen molar-refractivity contribution in [3.63, 3.8) is 0 Å². The van der Waals surface area contributed by atoms with Gasteiger partial charge in [0.25, 0.3) is 0 Å². The number of para-hydroxylation sites is 3. The van der Waals surface area contributed by atoms with Gasteiger partial charge >= 0.3 is 17.9 Å². The Labute approximate surface area is 343 Å². The van der Waals surface area contributed by atoms with Crippen molar-refractivity contribution < 1.29 is 43.9 Å². The number of carbonyl (C=O) groups is 3. The lowest BCUT2D eigenvalue weighted by Crippen LogP contribution is -2.17. The number of ether oxygens (including phenoxy) is 3. The minimum absolute atomic E-state index is 0.0343. The minimum Gasteiger partial charge on any atom is -0.508 e. The van der Waals surface area contributed by atoms with Gasteiger partial charge in [0.1, 0.15) is 34.5 Å². The molecule has 12 heteroatoms. The van der Waals surface area contributed by atoms with E-state index >= 15 is 0 Å². The van der Waals surface area contributed by atoms with Gasteiger partial charge in [-0.15, -0.1) is 0 Å². The molecule has 7 aromatic carbocycles. The molecule has 0 atom stereocenters. The number of esters is 3. The first-order valence-electron chi connectivity index (χ1n) is 18.2. The summed E-state index contributed by atoms with van der Waals surface area (Å²) in [5.41, 5.74) is 2.16. The van der Waals surface area contributed by atoms with E-state index in [1.807, 2.05) is 0 Å². The normalized spacial score (nSPS) is 11.2. The van der Waals surface area contributed by atoms with E-state index in [9.17, 15) is 29.7 Å². The zero-order valence-corrected chi connectivity index (χ0v) is 31.5. The number of phenols is 3. The number of hydrogen-bond donors (Lipinski definition) is 3. The molecule has 60 heavy (non-hydrogen) atoms. The van der Waals surface area contributed by atoms with Crippen molar-refractivity contribution in [3.8, 4) is 34.5 Å². The van der Waals surface area contributed by atoms with E-state index in [0.29, 0.717) is 33.8 Å². The molecule has 0 saturated heterocycles. The second kappa shape index (κ2) is 18.5. The van der Waals surface area contributed by atoms with Crippen LogP contribution in [-0.4, -0.2) is 51.9 Å². The highest BCUT2D eigenvalue weighted by molar-refractivity contribution is 6.03. The Hall–Kier alpha value is -8.64. The summed E-state index contributed by atoms with van der Waals surface area (Å²) >= 11 is 0. The van der Waals surface area contributed by atoms with E-state index in [2.05, 4.69) is 15.0 Å². The molecule has 7 rings (SSSR count). The number of rotatable bonds is 12. The fourth-order valence-corrected chi connectivity index (χ4v) is 5.65. The van der Waals surface area contributed by atoms with Crippen molar-refractivity contribution >= 4 is 53.6 Å². The molecule has 0 amide bonds. The van der Waals surface area contributed by atoms with Crippen molar-refractivity contribution in [2.24, 2.45) is 15.0 Å². The maximum absolute atomic E-state index is 13.9. The van der Waals surface area contributed by atoms with Gasteiger partial charge in [-0.1, -0.05) is 54.6 Å². The zero-order valence-electron chi connectivity index (χ0n) is 31.5. The summed E-state index contributed by atoms with van der Waals surface area (Å²) in [6, 6.07) is 42.5. The molecule has 0 bridgehead atoms. The van der Waals surface area contributed by atoms with Crippen LogP contribution in [0.2, 0.25) is 0 Å².